The zero-order valence-electron chi connectivity index (χ0n) is 10.8. The summed E-state index contributed by atoms with van der Waals surface area (Å²) in [5, 5.41) is 14.4. The summed E-state index contributed by atoms with van der Waals surface area (Å²) in [7, 11) is 0. The van der Waals surface area contributed by atoms with Crippen LogP contribution in [0.25, 0.3) is 27.3 Å². The predicted octanol–water partition coefficient (Wildman–Crippen LogP) is 3.94. The van der Waals surface area contributed by atoms with Crippen molar-refractivity contribution in [3.8, 4) is 16.4 Å². The van der Waals surface area contributed by atoms with Crippen molar-refractivity contribution >= 4 is 33.6 Å². The Labute approximate surface area is 130 Å². The molecule has 0 amide bonds. The Bertz CT molecular complexity index is 929. The first kappa shape index (κ1) is 13.4. The van der Waals surface area contributed by atoms with E-state index < -0.39 is 6.43 Å². The van der Waals surface area contributed by atoms with Crippen LogP contribution in [0.3, 0.4) is 0 Å². The number of benzene rings is 1. The molecule has 0 aliphatic rings. The van der Waals surface area contributed by atoms with Gasteiger partial charge in [-0.2, -0.15) is 5.10 Å². The van der Waals surface area contributed by atoms with E-state index in [1.165, 1.54) is 16.0 Å². The SMILES string of the molecule is FC(F)c1nnc(-n2ncc3c(-c4cscn4)cccc32)s1. The molecule has 9 heteroatoms. The number of aromatic nitrogens is 5. The monoisotopic (exact) mass is 335 g/mol. The first-order valence-electron chi connectivity index (χ1n) is 6.21. The Morgan fingerprint density at radius 1 is 1.18 bits per heavy atom. The third kappa shape index (κ3) is 2.09. The van der Waals surface area contributed by atoms with Crippen LogP contribution in [0.15, 0.2) is 35.3 Å². The molecule has 3 heterocycles. The van der Waals surface area contributed by atoms with Crippen molar-refractivity contribution in [2.45, 2.75) is 6.43 Å². The van der Waals surface area contributed by atoms with Gasteiger partial charge in [0.25, 0.3) is 6.43 Å². The van der Waals surface area contributed by atoms with E-state index in [1.807, 2.05) is 23.6 Å². The van der Waals surface area contributed by atoms with Gasteiger partial charge in [-0.05, 0) is 6.07 Å². The summed E-state index contributed by atoms with van der Waals surface area (Å²) >= 11 is 2.34. The number of fused-ring (bicyclic) bond motifs is 1. The highest BCUT2D eigenvalue weighted by Gasteiger charge is 2.17. The first-order chi connectivity index (χ1) is 10.7. The highest BCUT2D eigenvalue weighted by atomic mass is 32.1. The minimum Gasteiger partial charge on any atom is -0.245 e. The Kier molecular flexibility index (Phi) is 3.16. The van der Waals surface area contributed by atoms with E-state index in [4.69, 9.17) is 0 Å². The fraction of sp³-hybridized carbons (Fsp3) is 0.0769. The van der Waals surface area contributed by atoms with Crippen LogP contribution in [-0.4, -0.2) is 25.0 Å². The molecule has 0 bridgehead atoms. The Morgan fingerprint density at radius 3 is 2.82 bits per heavy atom. The molecule has 4 aromatic rings. The molecule has 0 radical (unpaired) electrons. The molecule has 22 heavy (non-hydrogen) atoms. The summed E-state index contributed by atoms with van der Waals surface area (Å²) in [5.74, 6) is 0. The summed E-state index contributed by atoms with van der Waals surface area (Å²) < 4.78 is 26.8. The van der Waals surface area contributed by atoms with Gasteiger partial charge in [-0.3, -0.25) is 0 Å². The molecule has 0 spiro atoms. The van der Waals surface area contributed by atoms with Crippen LogP contribution in [-0.2, 0) is 0 Å². The van der Waals surface area contributed by atoms with Crippen LogP contribution in [0, 0.1) is 0 Å². The maximum absolute atomic E-state index is 12.7. The molecule has 0 N–H and O–H groups in total. The molecule has 0 aliphatic carbocycles. The standard InChI is InChI=1S/C13H7F2N5S2/c14-11(15)12-18-19-13(22-12)20-10-3-1-2-7(8(10)4-17-20)9-5-21-6-16-9/h1-6,11H. The molecule has 110 valence electrons. The lowest BCUT2D eigenvalue weighted by Crippen LogP contribution is -1.94. The fourth-order valence-corrected chi connectivity index (χ4v) is 3.40. The van der Waals surface area contributed by atoms with Crippen molar-refractivity contribution in [3.63, 3.8) is 0 Å². The molecule has 0 atom stereocenters. The Hall–Kier alpha value is -2.26. The largest absolute Gasteiger partial charge is 0.291 e. The number of hydrogen-bond acceptors (Lipinski definition) is 6. The van der Waals surface area contributed by atoms with E-state index in [0.717, 1.165) is 33.5 Å². The third-order valence-electron chi connectivity index (χ3n) is 3.12. The quantitative estimate of drug-likeness (QED) is 0.569. The summed E-state index contributed by atoms with van der Waals surface area (Å²) in [4.78, 5) is 4.30. The highest BCUT2D eigenvalue weighted by Crippen LogP contribution is 2.31. The van der Waals surface area contributed by atoms with Gasteiger partial charge in [0.05, 0.1) is 22.9 Å². The maximum Gasteiger partial charge on any atom is 0.291 e. The number of thiazole rings is 1. The second-order valence-electron chi connectivity index (χ2n) is 4.39. The average molecular weight is 335 g/mol. The number of hydrogen-bond donors (Lipinski definition) is 0. The van der Waals surface area contributed by atoms with E-state index in [2.05, 4.69) is 20.3 Å². The van der Waals surface area contributed by atoms with E-state index in [1.54, 1.807) is 11.7 Å². The minimum absolute atomic E-state index is 0.311. The molecule has 0 saturated heterocycles. The number of alkyl halides is 2. The van der Waals surface area contributed by atoms with E-state index in [0.29, 0.717) is 5.13 Å². The smallest absolute Gasteiger partial charge is 0.245 e. The summed E-state index contributed by atoms with van der Waals surface area (Å²) in [5.41, 5.74) is 4.35. The van der Waals surface area contributed by atoms with Crippen molar-refractivity contribution in [2.24, 2.45) is 0 Å². The fourth-order valence-electron chi connectivity index (χ4n) is 2.17. The van der Waals surface area contributed by atoms with Crippen molar-refractivity contribution in [1.29, 1.82) is 0 Å². The molecule has 1 aromatic carbocycles. The molecular weight excluding hydrogens is 328 g/mol. The summed E-state index contributed by atoms with van der Waals surface area (Å²) in [6, 6.07) is 5.69. The van der Waals surface area contributed by atoms with Crippen molar-refractivity contribution in [3.05, 3.63) is 40.3 Å². The molecule has 0 saturated carbocycles. The van der Waals surface area contributed by atoms with Crippen molar-refractivity contribution < 1.29 is 8.78 Å². The highest BCUT2D eigenvalue weighted by molar-refractivity contribution is 7.13. The van der Waals surface area contributed by atoms with E-state index in [-0.39, 0.29) is 5.01 Å². The van der Waals surface area contributed by atoms with Crippen LogP contribution < -0.4 is 0 Å². The summed E-state index contributed by atoms with van der Waals surface area (Å²) in [6.07, 6.45) is -0.938. The van der Waals surface area contributed by atoms with Crippen molar-refractivity contribution in [2.75, 3.05) is 0 Å². The Morgan fingerprint density at radius 2 is 2.09 bits per heavy atom. The lowest BCUT2D eigenvalue weighted by molar-refractivity contribution is 0.150. The van der Waals surface area contributed by atoms with Gasteiger partial charge in [0, 0.05) is 16.3 Å². The molecule has 0 fully saturated rings. The number of rotatable bonds is 3. The second-order valence-corrected chi connectivity index (χ2v) is 6.10. The zero-order chi connectivity index (χ0) is 15.1. The van der Waals surface area contributed by atoms with Crippen molar-refractivity contribution in [1.82, 2.24) is 25.0 Å². The predicted molar refractivity (Wildman–Crippen MR) is 80.6 cm³/mol. The third-order valence-corrected chi connectivity index (χ3v) is 4.61. The van der Waals surface area contributed by atoms with E-state index in [9.17, 15) is 8.78 Å². The van der Waals surface area contributed by atoms with E-state index >= 15 is 0 Å². The minimum atomic E-state index is -2.63. The molecule has 0 aliphatic heterocycles. The molecule has 4 rings (SSSR count). The normalized spacial score (nSPS) is 11.6. The van der Waals surface area contributed by atoms with Gasteiger partial charge in [-0.15, -0.1) is 21.5 Å². The number of nitrogens with zero attached hydrogens (tertiary/aromatic N) is 5. The molecule has 0 unspecified atom stereocenters. The van der Waals surface area contributed by atoms with Crippen LogP contribution in [0.1, 0.15) is 11.4 Å². The van der Waals surface area contributed by atoms with Crippen LogP contribution in [0.5, 0.6) is 0 Å². The molecule has 5 nitrogen and oxygen atoms in total. The van der Waals surface area contributed by atoms with Gasteiger partial charge in [0.1, 0.15) is 0 Å². The lowest BCUT2D eigenvalue weighted by Gasteiger charge is -2.00. The first-order valence-corrected chi connectivity index (χ1v) is 7.97. The van der Waals surface area contributed by atoms with Crippen LogP contribution in [0.2, 0.25) is 0 Å². The van der Waals surface area contributed by atoms with Gasteiger partial charge < -0.3 is 0 Å². The maximum atomic E-state index is 12.7. The number of halogens is 2. The van der Waals surface area contributed by atoms with Gasteiger partial charge in [0.2, 0.25) is 5.13 Å². The Balaban J connectivity index is 1.88. The zero-order valence-corrected chi connectivity index (χ0v) is 12.5. The van der Waals surface area contributed by atoms with Gasteiger partial charge >= 0.3 is 0 Å². The molecule has 3 aromatic heterocycles. The van der Waals surface area contributed by atoms with Crippen LogP contribution >= 0.6 is 22.7 Å². The van der Waals surface area contributed by atoms with Gasteiger partial charge in [-0.1, -0.05) is 23.5 Å². The van der Waals surface area contributed by atoms with Crippen LogP contribution in [0.4, 0.5) is 8.78 Å². The van der Waals surface area contributed by atoms with Gasteiger partial charge in [-0.25, -0.2) is 18.4 Å². The average Bonchev–Trinajstić information content (AvgIpc) is 3.25. The topological polar surface area (TPSA) is 56.5 Å². The molecular formula is C13H7F2N5S2. The lowest BCUT2D eigenvalue weighted by atomic mass is 10.1. The summed E-state index contributed by atoms with van der Waals surface area (Å²) in [6.45, 7) is 0. The van der Waals surface area contributed by atoms with Gasteiger partial charge in [0.15, 0.2) is 5.01 Å². The second kappa shape index (κ2) is 5.18.